The number of nitrogens with one attached hydrogen (secondary N) is 1. The Balaban J connectivity index is 1.65. The third-order valence-corrected chi connectivity index (χ3v) is 4.51. The number of carbonyl (C=O) groups excluding carboxylic acids is 1. The first kappa shape index (κ1) is 15.4. The molecular weight excluding hydrogens is 322 g/mol. The van der Waals surface area contributed by atoms with Gasteiger partial charge in [0, 0.05) is 12.6 Å². The van der Waals surface area contributed by atoms with Crippen molar-refractivity contribution in [1.82, 2.24) is 24.9 Å². The lowest BCUT2D eigenvalue weighted by atomic mass is 10.1. The van der Waals surface area contributed by atoms with Crippen LogP contribution in [0.25, 0.3) is 5.82 Å². The van der Waals surface area contributed by atoms with Crippen LogP contribution in [0.2, 0.25) is 0 Å². The van der Waals surface area contributed by atoms with Gasteiger partial charge in [0.2, 0.25) is 0 Å². The highest BCUT2D eigenvalue weighted by Gasteiger charge is 2.33. The molecule has 3 aromatic heterocycles. The molecule has 1 unspecified atom stereocenters. The summed E-state index contributed by atoms with van der Waals surface area (Å²) in [5.41, 5.74) is 0.907. The molecule has 8 nitrogen and oxygen atoms in total. The highest BCUT2D eigenvalue weighted by atomic mass is 16.3. The van der Waals surface area contributed by atoms with Crippen molar-refractivity contribution in [2.75, 3.05) is 6.54 Å². The minimum absolute atomic E-state index is 0.0449. The molecule has 1 aliphatic rings. The van der Waals surface area contributed by atoms with Crippen molar-refractivity contribution in [3.8, 4) is 5.82 Å². The summed E-state index contributed by atoms with van der Waals surface area (Å²) >= 11 is 0. The van der Waals surface area contributed by atoms with E-state index in [9.17, 15) is 9.59 Å². The molecule has 3 aromatic rings. The van der Waals surface area contributed by atoms with E-state index in [1.165, 1.54) is 6.07 Å². The summed E-state index contributed by atoms with van der Waals surface area (Å²) in [6.07, 6.45) is 4.99. The zero-order valence-electron chi connectivity index (χ0n) is 13.7. The van der Waals surface area contributed by atoms with E-state index in [1.54, 1.807) is 23.2 Å². The van der Waals surface area contributed by atoms with Gasteiger partial charge < -0.3 is 9.32 Å². The van der Waals surface area contributed by atoms with Crippen molar-refractivity contribution in [2.24, 2.45) is 0 Å². The maximum absolute atomic E-state index is 13.0. The SMILES string of the molecule is Cc1c(C(=O)N2CCCC2c2ccco2)cnn1-c1ccc(=O)[nH]n1. The van der Waals surface area contributed by atoms with Crippen LogP contribution in [0.5, 0.6) is 0 Å². The van der Waals surface area contributed by atoms with E-state index in [0.717, 1.165) is 18.6 Å². The summed E-state index contributed by atoms with van der Waals surface area (Å²) in [6.45, 7) is 2.50. The summed E-state index contributed by atoms with van der Waals surface area (Å²) in [5.74, 6) is 1.19. The van der Waals surface area contributed by atoms with Gasteiger partial charge in [0.25, 0.3) is 11.5 Å². The minimum atomic E-state index is -0.289. The van der Waals surface area contributed by atoms with E-state index in [-0.39, 0.29) is 17.5 Å². The molecule has 1 amide bonds. The molecule has 0 aliphatic carbocycles. The average molecular weight is 339 g/mol. The maximum atomic E-state index is 13.0. The smallest absolute Gasteiger partial charge is 0.264 e. The van der Waals surface area contributed by atoms with Crippen LogP contribution in [0, 0.1) is 6.92 Å². The minimum Gasteiger partial charge on any atom is -0.467 e. The van der Waals surface area contributed by atoms with Crippen LogP contribution in [0.3, 0.4) is 0 Å². The van der Waals surface area contributed by atoms with Crippen molar-refractivity contribution in [3.63, 3.8) is 0 Å². The third kappa shape index (κ3) is 2.65. The molecule has 0 bridgehead atoms. The lowest BCUT2D eigenvalue weighted by molar-refractivity contribution is 0.0719. The molecule has 1 fully saturated rings. The van der Waals surface area contributed by atoms with Gasteiger partial charge in [-0.1, -0.05) is 0 Å². The van der Waals surface area contributed by atoms with Gasteiger partial charge in [0.05, 0.1) is 29.8 Å². The van der Waals surface area contributed by atoms with Gasteiger partial charge in [0.15, 0.2) is 5.82 Å². The monoisotopic (exact) mass is 339 g/mol. The van der Waals surface area contributed by atoms with Gasteiger partial charge in [0.1, 0.15) is 5.76 Å². The second-order valence-corrected chi connectivity index (χ2v) is 6.01. The third-order valence-electron chi connectivity index (χ3n) is 4.51. The number of rotatable bonds is 3. The Labute approximate surface area is 143 Å². The Morgan fingerprint density at radius 3 is 2.96 bits per heavy atom. The van der Waals surface area contributed by atoms with E-state index >= 15 is 0 Å². The predicted molar refractivity (Wildman–Crippen MR) is 88.4 cm³/mol. The molecule has 0 aromatic carbocycles. The van der Waals surface area contributed by atoms with Crippen LogP contribution < -0.4 is 5.56 Å². The average Bonchev–Trinajstić information content (AvgIpc) is 3.35. The van der Waals surface area contributed by atoms with Gasteiger partial charge in [-0.25, -0.2) is 9.78 Å². The summed E-state index contributed by atoms with van der Waals surface area (Å²) in [4.78, 5) is 26.0. The number of carbonyl (C=O) groups is 1. The normalized spacial score (nSPS) is 17.2. The molecule has 8 heteroatoms. The fourth-order valence-corrected chi connectivity index (χ4v) is 3.25. The van der Waals surface area contributed by atoms with Gasteiger partial charge >= 0.3 is 0 Å². The molecule has 1 N–H and O–H groups in total. The molecule has 1 saturated heterocycles. The Bertz CT molecular complexity index is 937. The zero-order chi connectivity index (χ0) is 17.4. The van der Waals surface area contributed by atoms with Crippen molar-refractivity contribution in [2.45, 2.75) is 25.8 Å². The van der Waals surface area contributed by atoms with Crippen LogP contribution >= 0.6 is 0 Å². The van der Waals surface area contributed by atoms with Crippen molar-refractivity contribution in [3.05, 3.63) is 64.1 Å². The Hall–Kier alpha value is -3.16. The number of amides is 1. The summed E-state index contributed by atoms with van der Waals surface area (Å²) in [6, 6.07) is 6.63. The molecular formula is C17H17N5O3. The Morgan fingerprint density at radius 2 is 2.24 bits per heavy atom. The number of H-pyrrole nitrogens is 1. The number of nitrogens with zero attached hydrogens (tertiary/aromatic N) is 4. The van der Waals surface area contributed by atoms with Gasteiger partial charge in [-0.2, -0.15) is 10.2 Å². The second kappa shape index (κ2) is 6.04. The number of likely N-dealkylation sites (tertiary alicyclic amines) is 1. The molecule has 128 valence electrons. The number of hydrogen-bond donors (Lipinski definition) is 1. The van der Waals surface area contributed by atoms with Crippen molar-refractivity contribution < 1.29 is 9.21 Å². The van der Waals surface area contributed by atoms with Gasteiger partial charge in [-0.3, -0.25) is 9.59 Å². The van der Waals surface area contributed by atoms with E-state index < -0.39 is 0 Å². The van der Waals surface area contributed by atoms with Crippen LogP contribution in [0.4, 0.5) is 0 Å². The topological polar surface area (TPSA) is 97.0 Å². The van der Waals surface area contributed by atoms with Gasteiger partial charge in [-0.15, -0.1) is 0 Å². The number of hydrogen-bond acceptors (Lipinski definition) is 5. The van der Waals surface area contributed by atoms with Crippen LogP contribution in [0.15, 0.2) is 45.9 Å². The summed E-state index contributed by atoms with van der Waals surface area (Å²) in [7, 11) is 0. The predicted octanol–water partition coefficient (Wildman–Crippen LogP) is 1.83. The van der Waals surface area contributed by atoms with Crippen LogP contribution in [-0.4, -0.2) is 37.3 Å². The number of aromatic amines is 1. The number of furan rings is 1. The quantitative estimate of drug-likeness (QED) is 0.785. The fourth-order valence-electron chi connectivity index (χ4n) is 3.25. The summed E-state index contributed by atoms with van der Waals surface area (Å²) < 4.78 is 7.03. The first-order chi connectivity index (χ1) is 12.1. The number of aromatic nitrogens is 4. The van der Waals surface area contributed by atoms with Crippen LogP contribution in [0.1, 0.15) is 40.7 Å². The highest BCUT2D eigenvalue weighted by Crippen LogP contribution is 2.33. The van der Waals surface area contributed by atoms with Crippen LogP contribution in [-0.2, 0) is 0 Å². The first-order valence-electron chi connectivity index (χ1n) is 8.10. The standard InChI is InChI=1S/C17H17N5O3/c1-11-12(10-18-22(11)15-6-7-16(23)20-19-15)17(24)21-8-2-4-13(21)14-5-3-9-25-14/h3,5-7,9-10,13H,2,4,8H2,1H3,(H,20,23). The first-order valence-corrected chi connectivity index (χ1v) is 8.10. The maximum Gasteiger partial charge on any atom is 0.264 e. The molecule has 0 radical (unpaired) electrons. The molecule has 4 heterocycles. The van der Waals surface area contributed by atoms with Crippen molar-refractivity contribution in [1.29, 1.82) is 0 Å². The molecule has 1 aliphatic heterocycles. The molecule has 0 saturated carbocycles. The Kier molecular flexibility index (Phi) is 3.72. The second-order valence-electron chi connectivity index (χ2n) is 6.01. The highest BCUT2D eigenvalue weighted by molar-refractivity contribution is 5.95. The summed E-state index contributed by atoms with van der Waals surface area (Å²) in [5, 5.41) is 10.6. The van der Waals surface area contributed by atoms with E-state index in [4.69, 9.17) is 4.42 Å². The molecule has 1 atom stereocenters. The van der Waals surface area contributed by atoms with E-state index in [0.29, 0.717) is 23.6 Å². The van der Waals surface area contributed by atoms with E-state index in [1.807, 2.05) is 24.0 Å². The lowest BCUT2D eigenvalue weighted by Gasteiger charge is -2.23. The van der Waals surface area contributed by atoms with Gasteiger partial charge in [-0.05, 0) is 38.0 Å². The largest absolute Gasteiger partial charge is 0.467 e. The molecule has 4 rings (SSSR count). The zero-order valence-corrected chi connectivity index (χ0v) is 13.7. The Morgan fingerprint density at radius 1 is 1.36 bits per heavy atom. The van der Waals surface area contributed by atoms with E-state index in [2.05, 4.69) is 15.3 Å². The molecule has 25 heavy (non-hydrogen) atoms. The lowest BCUT2D eigenvalue weighted by Crippen LogP contribution is -2.30. The fraction of sp³-hybridized carbons (Fsp3) is 0.294. The van der Waals surface area contributed by atoms with Crippen molar-refractivity contribution >= 4 is 5.91 Å². The molecule has 0 spiro atoms.